The SMILES string of the molecule is COCCNc1ccc([N+](=O)[O-])cc1C(=O)OCC(=O)N[C@@H](C)C(C)C. The molecule has 1 amide bonds. The molecular formula is C17H25N3O6. The fourth-order valence-corrected chi connectivity index (χ4v) is 1.93. The third-order valence-electron chi connectivity index (χ3n) is 3.78. The van der Waals surface area contributed by atoms with Crippen LogP contribution in [0.2, 0.25) is 0 Å². The molecule has 0 unspecified atom stereocenters. The van der Waals surface area contributed by atoms with Crippen LogP contribution in [0.15, 0.2) is 18.2 Å². The Bertz CT molecular complexity index is 647. The molecule has 0 bridgehead atoms. The molecule has 0 heterocycles. The molecule has 0 aromatic heterocycles. The number of rotatable bonds is 10. The number of carbonyl (C=O) groups excluding carboxylic acids is 2. The molecular weight excluding hydrogens is 342 g/mol. The summed E-state index contributed by atoms with van der Waals surface area (Å²) >= 11 is 0. The molecule has 2 N–H and O–H groups in total. The van der Waals surface area contributed by atoms with Gasteiger partial charge in [0, 0.05) is 37.5 Å². The van der Waals surface area contributed by atoms with Crippen molar-refractivity contribution in [1.29, 1.82) is 0 Å². The standard InChI is InChI=1S/C17H25N3O6/c1-11(2)12(3)19-16(21)10-26-17(22)14-9-13(20(23)24)5-6-15(14)18-7-8-25-4/h5-6,9,11-12,18H,7-8,10H2,1-4H3,(H,19,21)/t12-/m0/s1. The minimum atomic E-state index is -0.819. The van der Waals surface area contributed by atoms with Crippen molar-refractivity contribution in [2.75, 3.05) is 32.2 Å². The highest BCUT2D eigenvalue weighted by atomic mass is 16.6. The van der Waals surface area contributed by atoms with E-state index in [0.29, 0.717) is 18.8 Å². The molecule has 0 radical (unpaired) electrons. The molecule has 9 nitrogen and oxygen atoms in total. The number of nitrogens with zero attached hydrogens (tertiary/aromatic N) is 1. The summed E-state index contributed by atoms with van der Waals surface area (Å²) in [6, 6.07) is 3.76. The molecule has 0 aliphatic heterocycles. The van der Waals surface area contributed by atoms with Gasteiger partial charge in [-0.25, -0.2) is 4.79 Å². The molecule has 0 aliphatic rings. The van der Waals surface area contributed by atoms with E-state index in [1.807, 2.05) is 20.8 Å². The van der Waals surface area contributed by atoms with Gasteiger partial charge in [-0.2, -0.15) is 0 Å². The van der Waals surface area contributed by atoms with Crippen molar-refractivity contribution in [3.63, 3.8) is 0 Å². The lowest BCUT2D eigenvalue weighted by Crippen LogP contribution is -2.38. The number of nitro groups is 1. The number of amides is 1. The number of esters is 1. The smallest absolute Gasteiger partial charge is 0.341 e. The molecule has 1 atom stereocenters. The third kappa shape index (κ3) is 6.67. The molecule has 9 heteroatoms. The van der Waals surface area contributed by atoms with E-state index >= 15 is 0 Å². The van der Waals surface area contributed by atoms with Gasteiger partial charge < -0.3 is 20.1 Å². The Hall–Kier alpha value is -2.68. The predicted octanol–water partition coefficient (Wildman–Crippen LogP) is 1.97. The number of hydrogen-bond acceptors (Lipinski definition) is 7. The fraction of sp³-hybridized carbons (Fsp3) is 0.529. The number of methoxy groups -OCH3 is 1. The van der Waals surface area contributed by atoms with Gasteiger partial charge in [-0.3, -0.25) is 14.9 Å². The quantitative estimate of drug-likeness (QED) is 0.281. The molecule has 0 fully saturated rings. The van der Waals surface area contributed by atoms with Crippen LogP contribution in [0.4, 0.5) is 11.4 Å². The van der Waals surface area contributed by atoms with E-state index in [-0.39, 0.29) is 23.2 Å². The van der Waals surface area contributed by atoms with Gasteiger partial charge in [0.15, 0.2) is 6.61 Å². The van der Waals surface area contributed by atoms with E-state index in [2.05, 4.69) is 10.6 Å². The van der Waals surface area contributed by atoms with E-state index < -0.39 is 23.4 Å². The van der Waals surface area contributed by atoms with Gasteiger partial charge in [0.25, 0.3) is 11.6 Å². The third-order valence-corrected chi connectivity index (χ3v) is 3.78. The van der Waals surface area contributed by atoms with Gasteiger partial charge in [0.05, 0.1) is 17.1 Å². The van der Waals surface area contributed by atoms with Crippen LogP contribution in [0.1, 0.15) is 31.1 Å². The Labute approximate surface area is 152 Å². The summed E-state index contributed by atoms with van der Waals surface area (Å²) < 4.78 is 9.93. The first-order valence-electron chi connectivity index (χ1n) is 8.24. The summed E-state index contributed by atoms with van der Waals surface area (Å²) in [6.45, 7) is 6.09. The van der Waals surface area contributed by atoms with Crippen molar-refractivity contribution in [3.8, 4) is 0 Å². The zero-order valence-corrected chi connectivity index (χ0v) is 15.4. The van der Waals surface area contributed by atoms with E-state index in [9.17, 15) is 19.7 Å². The maximum atomic E-state index is 12.3. The largest absolute Gasteiger partial charge is 0.452 e. The van der Waals surface area contributed by atoms with Gasteiger partial charge in [-0.15, -0.1) is 0 Å². The van der Waals surface area contributed by atoms with E-state index in [1.54, 1.807) is 0 Å². The van der Waals surface area contributed by atoms with Crippen molar-refractivity contribution in [2.45, 2.75) is 26.8 Å². The molecule has 1 aromatic rings. The number of hydrogen-bond donors (Lipinski definition) is 2. The average molecular weight is 367 g/mol. The van der Waals surface area contributed by atoms with E-state index in [1.165, 1.54) is 19.2 Å². The maximum absolute atomic E-state index is 12.3. The molecule has 0 saturated heterocycles. The first-order valence-corrected chi connectivity index (χ1v) is 8.24. The average Bonchev–Trinajstić information content (AvgIpc) is 2.59. The predicted molar refractivity (Wildman–Crippen MR) is 96.2 cm³/mol. The van der Waals surface area contributed by atoms with Crippen LogP contribution >= 0.6 is 0 Å². The number of nitro benzene ring substituents is 1. The van der Waals surface area contributed by atoms with Crippen molar-refractivity contribution >= 4 is 23.3 Å². The lowest BCUT2D eigenvalue weighted by Gasteiger charge is -2.17. The van der Waals surface area contributed by atoms with Gasteiger partial charge in [0.2, 0.25) is 0 Å². The highest BCUT2D eigenvalue weighted by molar-refractivity contribution is 5.97. The zero-order valence-electron chi connectivity index (χ0n) is 15.4. The maximum Gasteiger partial charge on any atom is 0.341 e. The normalized spacial score (nSPS) is 11.7. The Balaban J connectivity index is 2.82. The number of carbonyl (C=O) groups is 2. The first-order chi connectivity index (χ1) is 12.3. The molecule has 1 aromatic carbocycles. The summed E-state index contributed by atoms with van der Waals surface area (Å²) in [5.74, 6) is -1.01. The van der Waals surface area contributed by atoms with Crippen LogP contribution in [0.3, 0.4) is 0 Å². The molecule has 1 rings (SSSR count). The van der Waals surface area contributed by atoms with Crippen LogP contribution < -0.4 is 10.6 Å². The highest BCUT2D eigenvalue weighted by Crippen LogP contribution is 2.23. The summed E-state index contributed by atoms with van der Waals surface area (Å²) in [5, 5.41) is 16.6. The number of nitrogens with one attached hydrogen (secondary N) is 2. The van der Waals surface area contributed by atoms with Crippen LogP contribution in [0, 0.1) is 16.0 Å². The molecule has 0 aliphatic carbocycles. The topological polar surface area (TPSA) is 120 Å². The number of non-ortho nitro benzene ring substituents is 1. The molecule has 0 saturated carbocycles. The Morgan fingerprint density at radius 1 is 1.27 bits per heavy atom. The lowest BCUT2D eigenvalue weighted by molar-refractivity contribution is -0.384. The number of ether oxygens (including phenoxy) is 2. The van der Waals surface area contributed by atoms with Crippen LogP contribution in [-0.4, -0.2) is 49.7 Å². The highest BCUT2D eigenvalue weighted by Gasteiger charge is 2.19. The number of anilines is 1. The van der Waals surface area contributed by atoms with Gasteiger partial charge in [0.1, 0.15) is 0 Å². The molecule has 0 spiro atoms. The van der Waals surface area contributed by atoms with Crippen molar-refractivity contribution < 1.29 is 24.0 Å². The summed E-state index contributed by atoms with van der Waals surface area (Å²) in [5.41, 5.74) is 0.112. The van der Waals surface area contributed by atoms with Crippen LogP contribution in [-0.2, 0) is 14.3 Å². The Kier molecular flexibility index (Phi) is 8.50. The van der Waals surface area contributed by atoms with Gasteiger partial charge >= 0.3 is 5.97 Å². The van der Waals surface area contributed by atoms with E-state index in [4.69, 9.17) is 9.47 Å². The monoisotopic (exact) mass is 367 g/mol. The van der Waals surface area contributed by atoms with Crippen LogP contribution in [0.5, 0.6) is 0 Å². The van der Waals surface area contributed by atoms with Crippen molar-refractivity contribution in [3.05, 3.63) is 33.9 Å². The van der Waals surface area contributed by atoms with Crippen LogP contribution in [0.25, 0.3) is 0 Å². The zero-order chi connectivity index (χ0) is 19.7. The van der Waals surface area contributed by atoms with Gasteiger partial charge in [-0.1, -0.05) is 13.8 Å². The molecule has 26 heavy (non-hydrogen) atoms. The van der Waals surface area contributed by atoms with Gasteiger partial charge in [-0.05, 0) is 18.9 Å². The lowest BCUT2D eigenvalue weighted by atomic mass is 10.1. The summed E-state index contributed by atoms with van der Waals surface area (Å²) in [6.07, 6.45) is 0. The first kappa shape index (κ1) is 21.4. The summed E-state index contributed by atoms with van der Waals surface area (Å²) in [4.78, 5) is 34.5. The molecule has 144 valence electrons. The summed E-state index contributed by atoms with van der Waals surface area (Å²) in [7, 11) is 1.53. The van der Waals surface area contributed by atoms with Crippen molar-refractivity contribution in [2.24, 2.45) is 5.92 Å². The van der Waals surface area contributed by atoms with Crippen molar-refractivity contribution in [1.82, 2.24) is 5.32 Å². The fourth-order valence-electron chi connectivity index (χ4n) is 1.93. The second kappa shape index (κ2) is 10.3. The second-order valence-electron chi connectivity index (χ2n) is 6.08. The second-order valence-corrected chi connectivity index (χ2v) is 6.08. The Morgan fingerprint density at radius 3 is 2.54 bits per heavy atom. The minimum absolute atomic E-state index is 0.0139. The Morgan fingerprint density at radius 2 is 1.96 bits per heavy atom. The number of benzene rings is 1. The minimum Gasteiger partial charge on any atom is -0.452 e. The van der Waals surface area contributed by atoms with E-state index in [0.717, 1.165) is 6.07 Å².